The third-order valence-electron chi connectivity index (χ3n) is 2.52. The van der Waals surface area contributed by atoms with E-state index in [9.17, 15) is 4.79 Å². The molecule has 0 rings (SSSR count). The molecule has 0 bridgehead atoms. The van der Waals surface area contributed by atoms with Gasteiger partial charge in [-0.25, -0.2) is 0 Å². The maximum atomic E-state index is 11.9. The zero-order chi connectivity index (χ0) is 11.8. The highest BCUT2D eigenvalue weighted by Crippen LogP contribution is 2.06. The summed E-state index contributed by atoms with van der Waals surface area (Å²) in [5.74, 6) is 0.591. The average Bonchev–Trinajstić information content (AvgIpc) is 2.17. The van der Waals surface area contributed by atoms with Crippen molar-refractivity contribution in [2.24, 2.45) is 11.7 Å². The van der Waals surface area contributed by atoms with E-state index in [0.717, 1.165) is 32.4 Å². The standard InChI is InChI=1S/C12H26N2O/c1-5-7-8-14(6-2)12(15)11(13)9-10(3)4/h10-11H,5-9,13H2,1-4H3. The van der Waals surface area contributed by atoms with E-state index < -0.39 is 0 Å². The fourth-order valence-electron chi connectivity index (χ4n) is 1.62. The molecule has 0 spiro atoms. The lowest BCUT2D eigenvalue weighted by molar-refractivity contribution is -0.132. The molecule has 3 nitrogen and oxygen atoms in total. The first-order chi connectivity index (χ1) is 7.02. The number of unbranched alkanes of at least 4 members (excludes halogenated alkanes) is 1. The maximum Gasteiger partial charge on any atom is 0.239 e. The molecular formula is C12H26N2O. The van der Waals surface area contributed by atoms with Gasteiger partial charge in [-0.15, -0.1) is 0 Å². The Morgan fingerprint density at radius 2 is 1.93 bits per heavy atom. The van der Waals surface area contributed by atoms with Gasteiger partial charge in [0.2, 0.25) is 5.91 Å². The molecule has 0 aliphatic heterocycles. The first-order valence-electron chi connectivity index (χ1n) is 6.07. The van der Waals surface area contributed by atoms with Gasteiger partial charge < -0.3 is 10.6 Å². The van der Waals surface area contributed by atoms with Crippen molar-refractivity contribution in [1.29, 1.82) is 0 Å². The number of likely N-dealkylation sites (N-methyl/N-ethyl adjacent to an activating group) is 1. The Morgan fingerprint density at radius 3 is 2.33 bits per heavy atom. The molecule has 1 unspecified atom stereocenters. The van der Waals surface area contributed by atoms with Crippen LogP contribution in [0.1, 0.15) is 47.0 Å². The van der Waals surface area contributed by atoms with Crippen LogP contribution in [-0.2, 0) is 4.79 Å². The quantitative estimate of drug-likeness (QED) is 0.704. The van der Waals surface area contributed by atoms with Crippen LogP contribution in [0.15, 0.2) is 0 Å². The van der Waals surface area contributed by atoms with E-state index in [1.807, 2.05) is 11.8 Å². The minimum Gasteiger partial charge on any atom is -0.342 e. The highest BCUT2D eigenvalue weighted by Gasteiger charge is 2.19. The summed E-state index contributed by atoms with van der Waals surface area (Å²) >= 11 is 0. The Hall–Kier alpha value is -0.570. The van der Waals surface area contributed by atoms with Crippen molar-refractivity contribution in [1.82, 2.24) is 4.90 Å². The molecule has 1 atom stereocenters. The predicted octanol–water partition coefficient (Wildman–Crippen LogP) is 2.01. The van der Waals surface area contributed by atoms with Crippen LogP contribution in [0.25, 0.3) is 0 Å². The maximum absolute atomic E-state index is 11.9. The van der Waals surface area contributed by atoms with Gasteiger partial charge in [-0.2, -0.15) is 0 Å². The van der Waals surface area contributed by atoms with Crippen molar-refractivity contribution in [3.05, 3.63) is 0 Å². The van der Waals surface area contributed by atoms with Crippen LogP contribution in [0, 0.1) is 5.92 Å². The summed E-state index contributed by atoms with van der Waals surface area (Å²) in [6, 6.07) is -0.318. The number of carbonyl (C=O) groups excluding carboxylic acids is 1. The molecule has 0 fully saturated rings. The van der Waals surface area contributed by atoms with Crippen LogP contribution in [0.5, 0.6) is 0 Å². The van der Waals surface area contributed by atoms with E-state index in [4.69, 9.17) is 5.73 Å². The van der Waals surface area contributed by atoms with Crippen LogP contribution in [0.3, 0.4) is 0 Å². The van der Waals surface area contributed by atoms with E-state index in [0.29, 0.717) is 5.92 Å². The number of amides is 1. The van der Waals surface area contributed by atoms with Gasteiger partial charge in [-0.05, 0) is 25.7 Å². The first kappa shape index (κ1) is 14.4. The van der Waals surface area contributed by atoms with E-state index in [1.54, 1.807) is 0 Å². The zero-order valence-corrected chi connectivity index (χ0v) is 10.6. The second-order valence-electron chi connectivity index (χ2n) is 4.51. The van der Waals surface area contributed by atoms with E-state index in [-0.39, 0.29) is 11.9 Å². The summed E-state index contributed by atoms with van der Waals surface area (Å²) < 4.78 is 0. The summed E-state index contributed by atoms with van der Waals surface area (Å²) in [4.78, 5) is 13.8. The molecule has 1 amide bonds. The lowest BCUT2D eigenvalue weighted by Gasteiger charge is -2.25. The first-order valence-corrected chi connectivity index (χ1v) is 6.07. The second kappa shape index (κ2) is 7.69. The minimum absolute atomic E-state index is 0.111. The molecule has 2 N–H and O–H groups in total. The summed E-state index contributed by atoms with van der Waals surface area (Å²) in [6.45, 7) is 9.94. The summed E-state index contributed by atoms with van der Waals surface area (Å²) in [7, 11) is 0. The molecule has 90 valence electrons. The molecule has 0 aliphatic rings. The van der Waals surface area contributed by atoms with Crippen LogP contribution < -0.4 is 5.73 Å². The molecule has 0 saturated heterocycles. The largest absolute Gasteiger partial charge is 0.342 e. The van der Waals surface area contributed by atoms with Crippen LogP contribution in [0.4, 0.5) is 0 Å². The van der Waals surface area contributed by atoms with Crippen LogP contribution in [-0.4, -0.2) is 29.9 Å². The third-order valence-corrected chi connectivity index (χ3v) is 2.52. The minimum atomic E-state index is -0.318. The van der Waals surface area contributed by atoms with Gasteiger partial charge in [0.15, 0.2) is 0 Å². The van der Waals surface area contributed by atoms with Gasteiger partial charge in [0.25, 0.3) is 0 Å². The normalized spacial score (nSPS) is 12.9. The number of nitrogens with two attached hydrogens (primary N) is 1. The molecule has 0 heterocycles. The van der Waals surface area contributed by atoms with Crippen molar-refractivity contribution in [2.75, 3.05) is 13.1 Å². The van der Waals surface area contributed by atoms with E-state index >= 15 is 0 Å². The Labute approximate surface area is 94.0 Å². The number of carbonyl (C=O) groups is 1. The topological polar surface area (TPSA) is 46.3 Å². The van der Waals surface area contributed by atoms with Crippen LogP contribution >= 0.6 is 0 Å². The number of nitrogens with zero attached hydrogens (tertiary/aromatic N) is 1. The predicted molar refractivity (Wildman–Crippen MR) is 64.6 cm³/mol. The van der Waals surface area contributed by atoms with Gasteiger partial charge in [0.1, 0.15) is 0 Å². The number of hydrogen-bond acceptors (Lipinski definition) is 2. The summed E-state index contributed by atoms with van der Waals surface area (Å²) in [6.07, 6.45) is 2.96. The van der Waals surface area contributed by atoms with Gasteiger partial charge in [0, 0.05) is 13.1 Å². The monoisotopic (exact) mass is 214 g/mol. The van der Waals surface area contributed by atoms with E-state index in [1.165, 1.54) is 0 Å². The molecular weight excluding hydrogens is 188 g/mol. The molecule has 0 aromatic heterocycles. The Morgan fingerprint density at radius 1 is 1.33 bits per heavy atom. The second-order valence-corrected chi connectivity index (χ2v) is 4.51. The summed E-state index contributed by atoms with van der Waals surface area (Å²) in [5.41, 5.74) is 5.88. The van der Waals surface area contributed by atoms with Crippen LogP contribution in [0.2, 0.25) is 0 Å². The van der Waals surface area contributed by atoms with Crippen molar-refractivity contribution < 1.29 is 4.79 Å². The molecule has 15 heavy (non-hydrogen) atoms. The van der Waals surface area contributed by atoms with Gasteiger partial charge >= 0.3 is 0 Å². The molecule has 3 heteroatoms. The van der Waals surface area contributed by atoms with Gasteiger partial charge in [-0.3, -0.25) is 4.79 Å². The van der Waals surface area contributed by atoms with Gasteiger partial charge in [0.05, 0.1) is 6.04 Å². The van der Waals surface area contributed by atoms with Gasteiger partial charge in [-0.1, -0.05) is 27.2 Å². The SMILES string of the molecule is CCCCN(CC)C(=O)C(N)CC(C)C. The van der Waals surface area contributed by atoms with E-state index in [2.05, 4.69) is 20.8 Å². The number of hydrogen-bond donors (Lipinski definition) is 1. The van der Waals surface area contributed by atoms with Crippen molar-refractivity contribution in [3.8, 4) is 0 Å². The molecule has 0 aliphatic carbocycles. The lowest BCUT2D eigenvalue weighted by atomic mass is 10.0. The molecule has 0 aromatic rings. The fourth-order valence-corrected chi connectivity index (χ4v) is 1.62. The fraction of sp³-hybridized carbons (Fsp3) is 0.917. The van der Waals surface area contributed by atoms with Crippen molar-refractivity contribution in [2.45, 2.75) is 53.0 Å². The van der Waals surface area contributed by atoms with Crippen molar-refractivity contribution in [3.63, 3.8) is 0 Å². The Balaban J connectivity index is 4.11. The summed E-state index contributed by atoms with van der Waals surface area (Å²) in [5, 5.41) is 0. The zero-order valence-electron chi connectivity index (χ0n) is 10.6. The average molecular weight is 214 g/mol. The smallest absolute Gasteiger partial charge is 0.239 e. The van der Waals surface area contributed by atoms with Crippen molar-refractivity contribution >= 4 is 5.91 Å². The molecule has 0 radical (unpaired) electrons. The highest BCUT2D eigenvalue weighted by atomic mass is 16.2. The lowest BCUT2D eigenvalue weighted by Crippen LogP contribution is -2.44. The Bertz CT molecular complexity index is 180. The highest BCUT2D eigenvalue weighted by molar-refractivity contribution is 5.81. The third kappa shape index (κ3) is 5.78. The Kier molecular flexibility index (Phi) is 7.39. The molecule has 0 saturated carbocycles. The molecule has 0 aromatic carbocycles. The number of rotatable bonds is 7.